The van der Waals surface area contributed by atoms with Crippen LogP contribution in [0.25, 0.3) is 0 Å². The van der Waals surface area contributed by atoms with Crippen molar-refractivity contribution in [2.75, 3.05) is 12.3 Å². The smallest absolute Gasteiger partial charge is 0.0452 e. The molecule has 1 aromatic rings. The summed E-state index contributed by atoms with van der Waals surface area (Å²) in [6, 6.07) is 6.39. The van der Waals surface area contributed by atoms with E-state index >= 15 is 0 Å². The first-order valence-corrected chi connectivity index (χ1v) is 6.32. The van der Waals surface area contributed by atoms with Gasteiger partial charge in [-0.05, 0) is 50.1 Å². The van der Waals surface area contributed by atoms with Crippen molar-refractivity contribution >= 4 is 17.3 Å². The van der Waals surface area contributed by atoms with Gasteiger partial charge in [0.05, 0.1) is 0 Å². The monoisotopic (exact) mass is 238 g/mol. The Kier molecular flexibility index (Phi) is 3.72. The van der Waals surface area contributed by atoms with Gasteiger partial charge in [-0.25, -0.2) is 0 Å². The molecule has 1 unspecified atom stereocenters. The van der Waals surface area contributed by atoms with E-state index in [0.717, 1.165) is 22.8 Å². The van der Waals surface area contributed by atoms with Crippen LogP contribution in [0.1, 0.15) is 31.7 Å². The lowest BCUT2D eigenvalue weighted by atomic mass is 10.0. The van der Waals surface area contributed by atoms with E-state index in [1.54, 1.807) is 0 Å². The van der Waals surface area contributed by atoms with Crippen molar-refractivity contribution < 1.29 is 0 Å². The molecule has 1 aliphatic rings. The van der Waals surface area contributed by atoms with E-state index in [1.807, 2.05) is 18.2 Å². The van der Waals surface area contributed by atoms with Crippen LogP contribution in [-0.2, 0) is 6.54 Å². The van der Waals surface area contributed by atoms with E-state index in [2.05, 4.69) is 11.8 Å². The second-order valence-electron chi connectivity index (χ2n) is 4.67. The molecule has 2 nitrogen and oxygen atoms in total. The number of benzene rings is 1. The second kappa shape index (κ2) is 5.07. The third-order valence-electron chi connectivity index (χ3n) is 3.38. The van der Waals surface area contributed by atoms with Gasteiger partial charge in [-0.1, -0.05) is 18.0 Å². The van der Waals surface area contributed by atoms with Crippen molar-refractivity contribution in [3.63, 3.8) is 0 Å². The number of hydrogen-bond acceptors (Lipinski definition) is 2. The van der Waals surface area contributed by atoms with Crippen LogP contribution in [0.2, 0.25) is 5.02 Å². The Bertz CT molecular complexity index is 365. The van der Waals surface area contributed by atoms with E-state index in [0.29, 0.717) is 6.04 Å². The summed E-state index contributed by atoms with van der Waals surface area (Å²) >= 11 is 6.18. The third-order valence-corrected chi connectivity index (χ3v) is 3.75. The number of halogens is 1. The van der Waals surface area contributed by atoms with Crippen LogP contribution in [0, 0.1) is 0 Å². The molecule has 0 aromatic heterocycles. The minimum atomic E-state index is 0.659. The maximum Gasteiger partial charge on any atom is 0.0452 e. The fourth-order valence-electron chi connectivity index (χ4n) is 2.33. The number of rotatable bonds is 2. The Morgan fingerprint density at radius 1 is 1.44 bits per heavy atom. The highest BCUT2D eigenvalue weighted by atomic mass is 35.5. The highest BCUT2D eigenvalue weighted by Crippen LogP contribution is 2.24. The molecule has 1 aliphatic heterocycles. The van der Waals surface area contributed by atoms with Crippen LogP contribution in [0.5, 0.6) is 0 Å². The minimum absolute atomic E-state index is 0.659. The molecule has 0 radical (unpaired) electrons. The third kappa shape index (κ3) is 2.69. The van der Waals surface area contributed by atoms with E-state index < -0.39 is 0 Å². The first kappa shape index (κ1) is 11.7. The average Bonchev–Trinajstić information content (AvgIpc) is 2.27. The number of likely N-dealkylation sites (tertiary alicyclic amines) is 1. The summed E-state index contributed by atoms with van der Waals surface area (Å²) in [6.45, 7) is 4.39. The summed E-state index contributed by atoms with van der Waals surface area (Å²) in [5, 5.41) is 0.826. The van der Waals surface area contributed by atoms with Crippen LogP contribution >= 0.6 is 11.6 Å². The molecule has 0 amide bonds. The van der Waals surface area contributed by atoms with Crippen LogP contribution in [0.15, 0.2) is 18.2 Å². The number of nitrogens with zero attached hydrogens (tertiary/aromatic N) is 1. The van der Waals surface area contributed by atoms with Crippen LogP contribution in [0.4, 0.5) is 5.69 Å². The van der Waals surface area contributed by atoms with Gasteiger partial charge in [-0.3, -0.25) is 4.90 Å². The molecule has 1 saturated heterocycles. The SMILES string of the molecule is CC1CCCCN1Cc1cc(N)ccc1Cl. The standard InChI is InChI=1S/C13H19ClN2/c1-10-4-2-3-7-16(10)9-11-8-12(15)5-6-13(11)14/h5-6,8,10H,2-4,7,9,15H2,1H3. The van der Waals surface area contributed by atoms with Gasteiger partial charge < -0.3 is 5.73 Å². The van der Waals surface area contributed by atoms with E-state index in [1.165, 1.54) is 25.8 Å². The predicted molar refractivity (Wildman–Crippen MR) is 69.6 cm³/mol. The number of hydrogen-bond donors (Lipinski definition) is 1. The first-order chi connectivity index (χ1) is 7.66. The molecular weight excluding hydrogens is 220 g/mol. The highest BCUT2D eigenvalue weighted by molar-refractivity contribution is 6.31. The fourth-order valence-corrected chi connectivity index (χ4v) is 2.50. The summed E-state index contributed by atoms with van der Waals surface area (Å²) in [6.07, 6.45) is 3.94. The Morgan fingerprint density at radius 3 is 3.00 bits per heavy atom. The molecule has 0 bridgehead atoms. The van der Waals surface area contributed by atoms with Gasteiger partial charge in [-0.15, -0.1) is 0 Å². The zero-order valence-electron chi connectivity index (χ0n) is 9.75. The van der Waals surface area contributed by atoms with Gasteiger partial charge in [0.15, 0.2) is 0 Å². The lowest BCUT2D eigenvalue weighted by Crippen LogP contribution is -2.36. The lowest BCUT2D eigenvalue weighted by molar-refractivity contribution is 0.152. The number of nitrogens with two attached hydrogens (primary N) is 1. The van der Waals surface area contributed by atoms with Crippen molar-refractivity contribution in [3.8, 4) is 0 Å². The summed E-state index contributed by atoms with van der Waals surface area (Å²) in [5.41, 5.74) is 7.73. The van der Waals surface area contributed by atoms with Crippen LogP contribution in [0.3, 0.4) is 0 Å². The minimum Gasteiger partial charge on any atom is -0.399 e. The van der Waals surface area contributed by atoms with Gasteiger partial charge in [0.1, 0.15) is 0 Å². The van der Waals surface area contributed by atoms with Gasteiger partial charge in [-0.2, -0.15) is 0 Å². The molecule has 3 heteroatoms. The topological polar surface area (TPSA) is 29.3 Å². The lowest BCUT2D eigenvalue weighted by Gasteiger charge is -2.33. The van der Waals surface area contributed by atoms with Gasteiger partial charge in [0.2, 0.25) is 0 Å². The molecule has 1 fully saturated rings. The molecule has 0 saturated carbocycles. The van der Waals surface area contributed by atoms with Crippen molar-refractivity contribution in [2.24, 2.45) is 0 Å². The molecule has 1 atom stereocenters. The maximum absolute atomic E-state index is 6.18. The maximum atomic E-state index is 6.18. The predicted octanol–water partition coefficient (Wildman–Crippen LogP) is 3.30. The van der Waals surface area contributed by atoms with Crippen molar-refractivity contribution in [1.82, 2.24) is 4.90 Å². The Hall–Kier alpha value is -0.730. The van der Waals surface area contributed by atoms with Gasteiger partial charge in [0, 0.05) is 23.3 Å². The number of piperidine rings is 1. The Labute approximate surface area is 102 Å². The molecule has 2 N–H and O–H groups in total. The fraction of sp³-hybridized carbons (Fsp3) is 0.538. The van der Waals surface area contributed by atoms with Crippen molar-refractivity contribution in [1.29, 1.82) is 0 Å². The average molecular weight is 239 g/mol. The summed E-state index contributed by atoms with van der Waals surface area (Å²) in [7, 11) is 0. The van der Waals surface area contributed by atoms with E-state index in [4.69, 9.17) is 17.3 Å². The van der Waals surface area contributed by atoms with Gasteiger partial charge in [0.25, 0.3) is 0 Å². The molecule has 2 rings (SSSR count). The molecule has 1 aromatic carbocycles. The van der Waals surface area contributed by atoms with Crippen molar-refractivity contribution in [2.45, 2.75) is 38.8 Å². The van der Waals surface area contributed by atoms with Gasteiger partial charge >= 0.3 is 0 Å². The van der Waals surface area contributed by atoms with E-state index in [9.17, 15) is 0 Å². The first-order valence-electron chi connectivity index (χ1n) is 5.95. The second-order valence-corrected chi connectivity index (χ2v) is 5.07. The summed E-state index contributed by atoms with van der Waals surface area (Å²) < 4.78 is 0. The zero-order chi connectivity index (χ0) is 11.5. The highest BCUT2D eigenvalue weighted by Gasteiger charge is 2.18. The normalized spacial score (nSPS) is 22.2. The zero-order valence-corrected chi connectivity index (χ0v) is 10.5. The largest absolute Gasteiger partial charge is 0.399 e. The quantitative estimate of drug-likeness (QED) is 0.802. The summed E-state index contributed by atoms with van der Waals surface area (Å²) in [5.74, 6) is 0. The number of anilines is 1. The van der Waals surface area contributed by atoms with Crippen LogP contribution in [-0.4, -0.2) is 17.5 Å². The van der Waals surface area contributed by atoms with Crippen LogP contribution < -0.4 is 5.73 Å². The molecule has 0 spiro atoms. The molecule has 0 aliphatic carbocycles. The molecular formula is C13H19ClN2. The Balaban J connectivity index is 2.10. The molecule has 88 valence electrons. The Morgan fingerprint density at radius 2 is 2.25 bits per heavy atom. The summed E-state index contributed by atoms with van der Waals surface area (Å²) in [4.78, 5) is 2.49. The van der Waals surface area contributed by atoms with Crippen molar-refractivity contribution in [3.05, 3.63) is 28.8 Å². The van der Waals surface area contributed by atoms with E-state index in [-0.39, 0.29) is 0 Å². The molecule has 16 heavy (non-hydrogen) atoms. The number of nitrogen functional groups attached to an aromatic ring is 1. The molecule has 1 heterocycles.